The first kappa shape index (κ1) is 12.3. The van der Waals surface area contributed by atoms with E-state index in [2.05, 4.69) is 0 Å². The van der Waals surface area contributed by atoms with Crippen molar-refractivity contribution in [1.29, 1.82) is 0 Å². The number of carbonyl (C=O) groups is 2. The van der Waals surface area contributed by atoms with Gasteiger partial charge >= 0.3 is 5.97 Å². The molecule has 0 unspecified atom stereocenters. The molecule has 1 N–H and O–H groups in total. The van der Waals surface area contributed by atoms with Gasteiger partial charge in [-0.25, -0.2) is 4.79 Å². The highest BCUT2D eigenvalue weighted by Gasteiger charge is 2.45. The molecule has 2 fully saturated rings. The SMILES string of the molecule is CC(=O)/C=C/C(=O)O[C@@H]1CC[C@H]2[C@@H]1CC[C@H]2O. The fourth-order valence-electron chi connectivity index (χ4n) is 3.04. The van der Waals surface area contributed by atoms with Gasteiger partial charge in [-0.2, -0.15) is 0 Å². The van der Waals surface area contributed by atoms with Crippen LogP contribution in [0.4, 0.5) is 0 Å². The number of allylic oxidation sites excluding steroid dienone is 1. The van der Waals surface area contributed by atoms with Crippen molar-refractivity contribution in [3.63, 3.8) is 0 Å². The minimum absolute atomic E-state index is 0.0822. The monoisotopic (exact) mass is 238 g/mol. The number of esters is 1. The van der Waals surface area contributed by atoms with Crippen LogP contribution in [-0.4, -0.2) is 29.1 Å². The number of rotatable bonds is 3. The molecule has 4 heteroatoms. The predicted octanol–water partition coefficient (Wildman–Crippen LogP) is 1.22. The van der Waals surface area contributed by atoms with E-state index >= 15 is 0 Å². The van der Waals surface area contributed by atoms with Gasteiger partial charge in [-0.3, -0.25) is 4.79 Å². The second kappa shape index (κ2) is 5.00. The molecule has 0 amide bonds. The highest BCUT2D eigenvalue weighted by molar-refractivity contribution is 5.94. The van der Waals surface area contributed by atoms with Crippen LogP contribution in [0.1, 0.15) is 32.6 Å². The maximum atomic E-state index is 11.4. The van der Waals surface area contributed by atoms with E-state index in [1.54, 1.807) is 0 Å². The maximum absolute atomic E-state index is 11.4. The number of hydrogen-bond donors (Lipinski definition) is 1. The first-order valence-corrected chi connectivity index (χ1v) is 6.15. The summed E-state index contributed by atoms with van der Waals surface area (Å²) in [6.45, 7) is 1.39. The highest BCUT2D eigenvalue weighted by Crippen LogP contribution is 2.45. The molecule has 0 spiro atoms. The summed E-state index contributed by atoms with van der Waals surface area (Å²) in [6.07, 6.45) is 5.59. The van der Waals surface area contributed by atoms with Crippen molar-refractivity contribution in [2.45, 2.75) is 44.8 Å². The van der Waals surface area contributed by atoms with Gasteiger partial charge in [0.05, 0.1) is 6.10 Å². The molecule has 0 aromatic rings. The number of carbonyl (C=O) groups excluding carboxylic acids is 2. The Bertz CT molecular complexity index is 347. The zero-order chi connectivity index (χ0) is 12.4. The van der Waals surface area contributed by atoms with E-state index in [4.69, 9.17) is 4.74 Å². The Kier molecular flexibility index (Phi) is 3.62. The molecule has 4 nitrogen and oxygen atoms in total. The van der Waals surface area contributed by atoms with Gasteiger partial charge in [0.15, 0.2) is 5.78 Å². The molecule has 0 aliphatic heterocycles. The lowest BCUT2D eigenvalue weighted by Gasteiger charge is -2.18. The van der Waals surface area contributed by atoms with E-state index in [0.717, 1.165) is 25.7 Å². The number of aliphatic hydroxyl groups is 1. The van der Waals surface area contributed by atoms with Crippen molar-refractivity contribution in [2.24, 2.45) is 11.8 Å². The maximum Gasteiger partial charge on any atom is 0.331 e. The second-order valence-electron chi connectivity index (χ2n) is 4.97. The number of ketones is 1. The topological polar surface area (TPSA) is 63.6 Å². The van der Waals surface area contributed by atoms with E-state index in [-0.39, 0.29) is 18.0 Å². The fraction of sp³-hybridized carbons (Fsp3) is 0.692. The van der Waals surface area contributed by atoms with E-state index in [1.807, 2.05) is 0 Å². The standard InChI is InChI=1S/C13H18O4/c1-8(14)2-7-13(16)17-12-6-4-9-10(12)3-5-11(9)15/h2,7,9-12,15H,3-6H2,1H3/b7-2+/t9-,10-,11+,12+/m0/s1. The number of aliphatic hydroxyl groups excluding tert-OH is 1. The van der Waals surface area contributed by atoms with Crippen molar-refractivity contribution in [1.82, 2.24) is 0 Å². The Morgan fingerprint density at radius 2 is 1.82 bits per heavy atom. The molecule has 2 saturated carbocycles. The Balaban J connectivity index is 1.88. The Morgan fingerprint density at radius 1 is 1.12 bits per heavy atom. The van der Waals surface area contributed by atoms with Crippen LogP contribution < -0.4 is 0 Å². The van der Waals surface area contributed by atoms with Crippen LogP contribution in [-0.2, 0) is 14.3 Å². The van der Waals surface area contributed by atoms with Crippen LogP contribution in [0.3, 0.4) is 0 Å². The summed E-state index contributed by atoms with van der Waals surface area (Å²) >= 11 is 0. The van der Waals surface area contributed by atoms with Crippen LogP contribution in [0.15, 0.2) is 12.2 Å². The van der Waals surface area contributed by atoms with Crippen molar-refractivity contribution in [3.05, 3.63) is 12.2 Å². The van der Waals surface area contributed by atoms with E-state index in [0.29, 0.717) is 11.8 Å². The Hall–Kier alpha value is -1.16. The van der Waals surface area contributed by atoms with Crippen LogP contribution >= 0.6 is 0 Å². The smallest absolute Gasteiger partial charge is 0.331 e. The fourth-order valence-corrected chi connectivity index (χ4v) is 3.04. The summed E-state index contributed by atoms with van der Waals surface area (Å²) in [5.41, 5.74) is 0. The number of hydrogen-bond acceptors (Lipinski definition) is 4. The van der Waals surface area contributed by atoms with Gasteiger partial charge in [-0.15, -0.1) is 0 Å². The first-order chi connectivity index (χ1) is 8.08. The highest BCUT2D eigenvalue weighted by atomic mass is 16.5. The largest absolute Gasteiger partial charge is 0.459 e. The zero-order valence-electron chi connectivity index (χ0n) is 9.96. The van der Waals surface area contributed by atoms with Crippen LogP contribution in [0, 0.1) is 11.8 Å². The van der Waals surface area contributed by atoms with Crippen LogP contribution in [0.5, 0.6) is 0 Å². The Morgan fingerprint density at radius 3 is 2.53 bits per heavy atom. The van der Waals surface area contributed by atoms with Crippen molar-refractivity contribution in [2.75, 3.05) is 0 Å². The van der Waals surface area contributed by atoms with Crippen molar-refractivity contribution < 1.29 is 19.4 Å². The number of ether oxygens (including phenoxy) is 1. The van der Waals surface area contributed by atoms with Gasteiger partial charge in [0, 0.05) is 12.0 Å². The summed E-state index contributed by atoms with van der Waals surface area (Å²) in [7, 11) is 0. The van der Waals surface area contributed by atoms with Crippen LogP contribution in [0.2, 0.25) is 0 Å². The average molecular weight is 238 g/mol. The zero-order valence-corrected chi connectivity index (χ0v) is 9.96. The summed E-state index contributed by atoms with van der Waals surface area (Å²) in [5.74, 6) is -0.0148. The van der Waals surface area contributed by atoms with Crippen LogP contribution in [0.25, 0.3) is 0 Å². The van der Waals surface area contributed by atoms with Gasteiger partial charge < -0.3 is 9.84 Å². The molecule has 0 saturated heterocycles. The van der Waals surface area contributed by atoms with Gasteiger partial charge in [0.2, 0.25) is 0 Å². The molecule has 2 aliphatic carbocycles. The van der Waals surface area contributed by atoms with Gasteiger partial charge in [0.1, 0.15) is 6.10 Å². The van der Waals surface area contributed by atoms with Crippen molar-refractivity contribution in [3.8, 4) is 0 Å². The third-order valence-corrected chi connectivity index (χ3v) is 3.82. The molecule has 0 bridgehead atoms. The molecule has 0 radical (unpaired) electrons. The second-order valence-corrected chi connectivity index (χ2v) is 4.97. The molecule has 4 atom stereocenters. The van der Waals surface area contributed by atoms with E-state index < -0.39 is 5.97 Å². The molecule has 2 aliphatic rings. The molecule has 17 heavy (non-hydrogen) atoms. The normalized spacial score (nSPS) is 36.1. The van der Waals surface area contributed by atoms with E-state index in [1.165, 1.54) is 19.1 Å². The molecular weight excluding hydrogens is 220 g/mol. The lowest BCUT2D eigenvalue weighted by Crippen LogP contribution is -2.23. The minimum Gasteiger partial charge on any atom is -0.459 e. The lowest BCUT2D eigenvalue weighted by atomic mass is 9.98. The number of fused-ring (bicyclic) bond motifs is 1. The molecule has 94 valence electrons. The van der Waals surface area contributed by atoms with E-state index in [9.17, 15) is 14.7 Å². The molecule has 2 rings (SSSR count). The average Bonchev–Trinajstić information content (AvgIpc) is 2.81. The van der Waals surface area contributed by atoms with Crippen molar-refractivity contribution >= 4 is 11.8 Å². The first-order valence-electron chi connectivity index (χ1n) is 6.15. The van der Waals surface area contributed by atoms with Gasteiger partial charge in [-0.05, 0) is 44.6 Å². The predicted molar refractivity (Wildman–Crippen MR) is 61.2 cm³/mol. The molecule has 0 heterocycles. The Labute approximate surface area is 101 Å². The summed E-state index contributed by atoms with van der Waals surface area (Å²) in [4.78, 5) is 22.1. The quantitative estimate of drug-likeness (QED) is 0.593. The summed E-state index contributed by atoms with van der Waals surface area (Å²) < 4.78 is 5.33. The molecular formula is C13H18O4. The minimum atomic E-state index is -0.452. The van der Waals surface area contributed by atoms with Gasteiger partial charge in [-0.1, -0.05) is 0 Å². The third-order valence-electron chi connectivity index (χ3n) is 3.82. The third kappa shape index (κ3) is 2.75. The summed E-state index contributed by atoms with van der Waals surface area (Å²) in [5, 5.41) is 9.73. The van der Waals surface area contributed by atoms with Gasteiger partial charge in [0.25, 0.3) is 0 Å². The summed E-state index contributed by atoms with van der Waals surface area (Å²) in [6, 6.07) is 0. The molecule has 0 aromatic heterocycles. The molecule has 0 aromatic carbocycles. The lowest BCUT2D eigenvalue weighted by molar-refractivity contribution is -0.145.